The van der Waals surface area contributed by atoms with E-state index in [1.165, 1.54) is 0 Å². The molecular formula is C19H27N3O3. The van der Waals surface area contributed by atoms with Crippen LogP contribution in [0.1, 0.15) is 18.9 Å². The first-order valence-electron chi connectivity index (χ1n) is 8.77. The lowest BCUT2D eigenvalue weighted by atomic mass is 10.1. The number of piperazine rings is 1. The molecular weight excluding hydrogens is 318 g/mol. The lowest BCUT2D eigenvalue weighted by Gasteiger charge is -2.35. The van der Waals surface area contributed by atoms with Crippen LogP contribution in [0.5, 0.6) is 0 Å². The molecule has 2 rings (SSSR count). The van der Waals surface area contributed by atoms with E-state index in [2.05, 4.69) is 5.32 Å². The number of hydrogen-bond acceptors (Lipinski definition) is 4. The van der Waals surface area contributed by atoms with Crippen molar-refractivity contribution in [1.82, 2.24) is 15.1 Å². The van der Waals surface area contributed by atoms with E-state index in [0.29, 0.717) is 26.2 Å². The van der Waals surface area contributed by atoms with E-state index in [0.717, 1.165) is 12.1 Å². The van der Waals surface area contributed by atoms with Gasteiger partial charge in [0.1, 0.15) is 0 Å². The van der Waals surface area contributed by atoms with Crippen LogP contribution < -0.4 is 5.32 Å². The Labute approximate surface area is 149 Å². The van der Waals surface area contributed by atoms with Crippen LogP contribution in [0.3, 0.4) is 0 Å². The molecule has 1 aromatic carbocycles. The quantitative estimate of drug-likeness (QED) is 0.729. The number of carbonyl (C=O) groups is 2. The summed E-state index contributed by atoms with van der Waals surface area (Å²) in [5.41, 5.74) is 1.11. The van der Waals surface area contributed by atoms with Gasteiger partial charge in [-0.25, -0.2) is 0 Å². The molecule has 0 spiro atoms. The molecule has 1 fully saturated rings. The number of benzene rings is 1. The lowest BCUT2D eigenvalue weighted by Crippen LogP contribution is -2.56. The van der Waals surface area contributed by atoms with Crippen molar-refractivity contribution in [2.24, 2.45) is 0 Å². The summed E-state index contributed by atoms with van der Waals surface area (Å²) in [6, 6.07) is 9.52. The van der Waals surface area contributed by atoms with E-state index in [-0.39, 0.29) is 24.8 Å². The Hall–Kier alpha value is -2.18. The Morgan fingerprint density at radius 1 is 1.40 bits per heavy atom. The van der Waals surface area contributed by atoms with Crippen LogP contribution >= 0.6 is 0 Å². The van der Waals surface area contributed by atoms with Crippen LogP contribution in [0.15, 0.2) is 36.4 Å². The van der Waals surface area contributed by atoms with Gasteiger partial charge in [-0.2, -0.15) is 0 Å². The SMILES string of the molecule is CCN(CCO)C(=O)C[C@@H]1C(=O)NCCN1C/C=C/c1ccccc1. The molecule has 2 amide bonds. The number of rotatable bonds is 8. The van der Waals surface area contributed by atoms with Crippen LogP contribution in [0.25, 0.3) is 6.08 Å². The number of aliphatic hydroxyl groups excluding tert-OH is 1. The van der Waals surface area contributed by atoms with E-state index >= 15 is 0 Å². The molecule has 1 aliphatic heterocycles. The predicted octanol–water partition coefficient (Wildman–Crippen LogP) is 0.731. The fourth-order valence-electron chi connectivity index (χ4n) is 2.97. The largest absolute Gasteiger partial charge is 0.395 e. The van der Waals surface area contributed by atoms with Crippen molar-refractivity contribution < 1.29 is 14.7 Å². The standard InChI is InChI=1S/C19H27N3O3/c1-2-21(13-14-23)18(24)15-17-19(25)20-10-12-22(17)11-6-9-16-7-4-3-5-8-16/h3-9,17,23H,2,10-15H2,1H3,(H,20,25)/b9-6+/t17-/m1/s1. The second-order valence-corrected chi connectivity index (χ2v) is 6.02. The van der Waals surface area contributed by atoms with Crippen LogP contribution in [-0.2, 0) is 9.59 Å². The normalized spacial score (nSPS) is 18.3. The lowest BCUT2D eigenvalue weighted by molar-refractivity contribution is -0.138. The third-order valence-electron chi connectivity index (χ3n) is 4.36. The Balaban J connectivity index is 1.98. The minimum Gasteiger partial charge on any atom is -0.395 e. The first-order chi connectivity index (χ1) is 12.2. The Morgan fingerprint density at radius 3 is 2.84 bits per heavy atom. The number of carbonyl (C=O) groups excluding carboxylic acids is 2. The van der Waals surface area contributed by atoms with E-state index < -0.39 is 6.04 Å². The molecule has 0 aromatic heterocycles. The average Bonchev–Trinajstić information content (AvgIpc) is 2.63. The van der Waals surface area contributed by atoms with Crippen molar-refractivity contribution in [3.8, 4) is 0 Å². The predicted molar refractivity (Wildman–Crippen MR) is 97.8 cm³/mol. The molecule has 0 aliphatic carbocycles. The highest BCUT2D eigenvalue weighted by Gasteiger charge is 2.31. The topological polar surface area (TPSA) is 72.9 Å². The molecule has 6 heteroatoms. The van der Waals surface area contributed by atoms with Crippen LogP contribution in [0.2, 0.25) is 0 Å². The van der Waals surface area contributed by atoms with Gasteiger partial charge in [-0.1, -0.05) is 42.5 Å². The molecule has 2 N–H and O–H groups in total. The highest BCUT2D eigenvalue weighted by atomic mass is 16.3. The first-order valence-corrected chi connectivity index (χ1v) is 8.77. The van der Waals surface area contributed by atoms with Gasteiger partial charge in [-0.3, -0.25) is 14.5 Å². The van der Waals surface area contributed by atoms with Gasteiger partial charge >= 0.3 is 0 Å². The zero-order valence-electron chi connectivity index (χ0n) is 14.7. The molecule has 1 atom stereocenters. The summed E-state index contributed by atoms with van der Waals surface area (Å²) < 4.78 is 0. The molecule has 6 nitrogen and oxygen atoms in total. The molecule has 0 bridgehead atoms. The molecule has 136 valence electrons. The maximum atomic E-state index is 12.4. The van der Waals surface area contributed by atoms with Gasteiger partial charge in [-0.15, -0.1) is 0 Å². The monoisotopic (exact) mass is 345 g/mol. The average molecular weight is 345 g/mol. The van der Waals surface area contributed by atoms with E-state index in [4.69, 9.17) is 5.11 Å². The van der Waals surface area contributed by atoms with E-state index in [1.807, 2.05) is 54.3 Å². The van der Waals surface area contributed by atoms with Crippen LogP contribution in [0, 0.1) is 0 Å². The second-order valence-electron chi connectivity index (χ2n) is 6.02. The van der Waals surface area contributed by atoms with Crippen LogP contribution in [-0.4, -0.2) is 72.1 Å². The minimum absolute atomic E-state index is 0.0695. The van der Waals surface area contributed by atoms with Gasteiger partial charge < -0.3 is 15.3 Å². The summed E-state index contributed by atoms with van der Waals surface area (Å²) in [5, 5.41) is 11.9. The Bertz CT molecular complexity index is 589. The fourth-order valence-corrected chi connectivity index (χ4v) is 2.97. The Morgan fingerprint density at radius 2 is 2.16 bits per heavy atom. The molecule has 1 aliphatic rings. The van der Waals surface area contributed by atoms with Gasteiger partial charge in [0.25, 0.3) is 0 Å². The smallest absolute Gasteiger partial charge is 0.237 e. The molecule has 0 saturated carbocycles. The molecule has 1 heterocycles. The number of nitrogens with zero attached hydrogens (tertiary/aromatic N) is 2. The summed E-state index contributed by atoms with van der Waals surface area (Å²) in [7, 11) is 0. The molecule has 1 saturated heterocycles. The third kappa shape index (κ3) is 5.69. The number of hydrogen-bond donors (Lipinski definition) is 2. The number of aliphatic hydroxyl groups is 1. The molecule has 0 unspecified atom stereocenters. The summed E-state index contributed by atoms with van der Waals surface area (Å²) >= 11 is 0. The van der Waals surface area contributed by atoms with Gasteiger partial charge in [-0.05, 0) is 12.5 Å². The highest BCUT2D eigenvalue weighted by molar-refractivity contribution is 5.88. The van der Waals surface area contributed by atoms with Gasteiger partial charge in [0, 0.05) is 32.7 Å². The second kappa shape index (κ2) is 9.96. The van der Waals surface area contributed by atoms with Crippen molar-refractivity contribution in [1.29, 1.82) is 0 Å². The Kier molecular flexibility index (Phi) is 7.63. The number of nitrogens with one attached hydrogen (secondary N) is 1. The first kappa shape index (κ1) is 19.1. The zero-order valence-corrected chi connectivity index (χ0v) is 14.7. The maximum Gasteiger partial charge on any atom is 0.237 e. The number of amides is 2. The molecule has 0 radical (unpaired) electrons. The summed E-state index contributed by atoms with van der Waals surface area (Å²) in [5.74, 6) is -0.205. The summed E-state index contributed by atoms with van der Waals surface area (Å²) in [6.07, 6.45) is 4.19. The van der Waals surface area contributed by atoms with Crippen molar-refractivity contribution in [3.63, 3.8) is 0 Å². The van der Waals surface area contributed by atoms with Gasteiger partial charge in [0.15, 0.2) is 0 Å². The van der Waals surface area contributed by atoms with E-state index in [1.54, 1.807) is 4.90 Å². The zero-order chi connectivity index (χ0) is 18.1. The van der Waals surface area contributed by atoms with Crippen molar-refractivity contribution in [3.05, 3.63) is 42.0 Å². The van der Waals surface area contributed by atoms with Crippen molar-refractivity contribution >= 4 is 17.9 Å². The van der Waals surface area contributed by atoms with Gasteiger partial charge in [0.05, 0.1) is 19.1 Å². The maximum absolute atomic E-state index is 12.4. The molecule has 1 aromatic rings. The number of likely N-dealkylation sites (N-methyl/N-ethyl adjacent to an activating group) is 1. The molecule has 25 heavy (non-hydrogen) atoms. The summed E-state index contributed by atoms with van der Waals surface area (Å²) in [6.45, 7) is 4.56. The highest BCUT2D eigenvalue weighted by Crippen LogP contribution is 2.12. The van der Waals surface area contributed by atoms with Crippen molar-refractivity contribution in [2.45, 2.75) is 19.4 Å². The van der Waals surface area contributed by atoms with Gasteiger partial charge in [0.2, 0.25) is 11.8 Å². The van der Waals surface area contributed by atoms with Crippen LogP contribution in [0.4, 0.5) is 0 Å². The summed E-state index contributed by atoms with van der Waals surface area (Å²) in [4.78, 5) is 28.3. The minimum atomic E-state index is -0.464. The third-order valence-corrected chi connectivity index (χ3v) is 4.36. The fraction of sp³-hybridized carbons (Fsp3) is 0.474. The van der Waals surface area contributed by atoms with E-state index in [9.17, 15) is 9.59 Å². The van der Waals surface area contributed by atoms with Crippen molar-refractivity contribution in [2.75, 3.05) is 39.3 Å².